The molecule has 1 heterocycles. The van der Waals surface area contributed by atoms with Crippen molar-refractivity contribution in [2.45, 2.75) is 46.3 Å². The fraction of sp³-hybridized carbons (Fsp3) is 0.588. The van der Waals surface area contributed by atoms with Crippen molar-refractivity contribution in [2.75, 3.05) is 6.61 Å². The largest absolute Gasteiger partial charge is 0.491 e. The second-order valence-corrected chi connectivity index (χ2v) is 7.25. The summed E-state index contributed by atoms with van der Waals surface area (Å²) in [5.41, 5.74) is 7.75. The van der Waals surface area contributed by atoms with Gasteiger partial charge in [0.25, 0.3) is 0 Å². The van der Waals surface area contributed by atoms with Crippen molar-refractivity contribution in [1.82, 2.24) is 0 Å². The molecule has 5 heteroatoms. The molecule has 0 bridgehead atoms. The predicted octanol–water partition coefficient (Wildman–Crippen LogP) is 3.06. The van der Waals surface area contributed by atoms with E-state index in [2.05, 4.69) is 33.8 Å². The lowest BCUT2D eigenvalue weighted by atomic mass is 9.50. The number of nitrogens with two attached hydrogens (primary N) is 1. The van der Waals surface area contributed by atoms with Crippen LogP contribution in [-0.2, 0) is 6.42 Å². The lowest BCUT2D eigenvalue weighted by Crippen LogP contribution is -2.73. The molecule has 0 saturated heterocycles. The van der Waals surface area contributed by atoms with E-state index in [1.807, 2.05) is 6.07 Å². The molecule has 0 unspecified atom stereocenters. The van der Waals surface area contributed by atoms with Crippen LogP contribution in [0.2, 0.25) is 0 Å². The first-order chi connectivity index (χ1) is 9.80. The number of ether oxygens (including phenoxy) is 2. The van der Waals surface area contributed by atoms with E-state index in [4.69, 9.17) is 20.5 Å². The molecule has 0 spiro atoms. The molecule has 0 atom stereocenters. The van der Waals surface area contributed by atoms with Crippen LogP contribution in [0.25, 0.3) is 0 Å². The van der Waals surface area contributed by atoms with Crippen molar-refractivity contribution in [3.63, 3.8) is 0 Å². The summed E-state index contributed by atoms with van der Waals surface area (Å²) in [7, 11) is 0. The molecule has 3 rings (SSSR count). The summed E-state index contributed by atoms with van der Waals surface area (Å²) in [6, 6.07) is 5.95. The van der Waals surface area contributed by atoms with Gasteiger partial charge >= 0.3 is 0 Å². The summed E-state index contributed by atoms with van der Waals surface area (Å²) < 4.78 is 11.9. The Morgan fingerprint density at radius 2 is 1.91 bits per heavy atom. The van der Waals surface area contributed by atoms with Gasteiger partial charge in [-0.25, -0.2) is 0 Å². The van der Waals surface area contributed by atoms with Gasteiger partial charge in [-0.1, -0.05) is 27.7 Å². The summed E-state index contributed by atoms with van der Waals surface area (Å²) >= 11 is 0. The minimum Gasteiger partial charge on any atom is -0.491 e. The Morgan fingerprint density at radius 3 is 2.50 bits per heavy atom. The molecule has 1 aromatic carbocycles. The van der Waals surface area contributed by atoms with Gasteiger partial charge in [0.2, 0.25) is 0 Å². The Labute approximate surface area is 138 Å². The SMILES string of the molecule is CC1(C)C(N)C(C)(C)C1Oc1ccc(C#N)c2c1CCO2.Cl. The van der Waals surface area contributed by atoms with Crippen LogP contribution in [0.5, 0.6) is 11.5 Å². The van der Waals surface area contributed by atoms with Crippen LogP contribution >= 0.6 is 12.4 Å². The maximum atomic E-state index is 9.15. The van der Waals surface area contributed by atoms with Gasteiger partial charge in [-0.15, -0.1) is 12.4 Å². The topological polar surface area (TPSA) is 68.3 Å². The fourth-order valence-electron chi connectivity index (χ4n) is 4.04. The normalized spacial score (nSPS) is 26.7. The number of fused-ring (bicyclic) bond motifs is 1. The van der Waals surface area contributed by atoms with E-state index >= 15 is 0 Å². The van der Waals surface area contributed by atoms with Crippen LogP contribution in [0.1, 0.15) is 38.8 Å². The van der Waals surface area contributed by atoms with E-state index in [-0.39, 0.29) is 35.4 Å². The van der Waals surface area contributed by atoms with Gasteiger partial charge in [0, 0.05) is 28.9 Å². The first-order valence-electron chi connectivity index (χ1n) is 7.41. The molecule has 1 aliphatic carbocycles. The van der Waals surface area contributed by atoms with Crippen LogP contribution < -0.4 is 15.2 Å². The Balaban J connectivity index is 0.00000176. The van der Waals surface area contributed by atoms with E-state index in [9.17, 15) is 0 Å². The molecule has 120 valence electrons. The van der Waals surface area contributed by atoms with Crippen LogP contribution in [0.4, 0.5) is 0 Å². The average Bonchev–Trinajstić information content (AvgIpc) is 2.92. The molecule has 0 radical (unpaired) electrons. The highest BCUT2D eigenvalue weighted by molar-refractivity contribution is 5.85. The van der Waals surface area contributed by atoms with Gasteiger partial charge in [0.15, 0.2) is 0 Å². The smallest absolute Gasteiger partial charge is 0.144 e. The van der Waals surface area contributed by atoms with Crippen LogP contribution in [-0.4, -0.2) is 18.8 Å². The van der Waals surface area contributed by atoms with Gasteiger partial charge in [-0.3, -0.25) is 0 Å². The van der Waals surface area contributed by atoms with E-state index in [0.29, 0.717) is 17.9 Å². The van der Waals surface area contributed by atoms with Gasteiger partial charge < -0.3 is 15.2 Å². The van der Waals surface area contributed by atoms with Crippen molar-refractivity contribution < 1.29 is 9.47 Å². The Bertz CT molecular complexity index is 618. The number of halogens is 1. The monoisotopic (exact) mass is 322 g/mol. The Morgan fingerprint density at radius 1 is 1.27 bits per heavy atom. The molecular weight excluding hydrogens is 300 g/mol. The minimum absolute atomic E-state index is 0. The first-order valence-corrected chi connectivity index (χ1v) is 7.41. The summed E-state index contributed by atoms with van der Waals surface area (Å²) in [4.78, 5) is 0. The zero-order valence-electron chi connectivity index (χ0n) is 13.5. The van der Waals surface area contributed by atoms with Crippen molar-refractivity contribution in [3.8, 4) is 17.6 Å². The molecular formula is C17H23ClN2O2. The van der Waals surface area contributed by atoms with Crippen molar-refractivity contribution in [1.29, 1.82) is 5.26 Å². The number of hydrogen-bond donors (Lipinski definition) is 1. The number of benzene rings is 1. The lowest BCUT2D eigenvalue weighted by Gasteiger charge is -2.61. The van der Waals surface area contributed by atoms with Crippen molar-refractivity contribution in [3.05, 3.63) is 23.3 Å². The van der Waals surface area contributed by atoms with Crippen molar-refractivity contribution in [2.24, 2.45) is 16.6 Å². The van der Waals surface area contributed by atoms with Crippen molar-refractivity contribution >= 4 is 12.4 Å². The van der Waals surface area contributed by atoms with Crippen LogP contribution in [0.3, 0.4) is 0 Å². The average molecular weight is 323 g/mol. The second kappa shape index (κ2) is 5.33. The van der Waals surface area contributed by atoms with Crippen LogP contribution in [0, 0.1) is 22.2 Å². The quantitative estimate of drug-likeness (QED) is 0.908. The molecule has 1 saturated carbocycles. The highest BCUT2D eigenvalue weighted by Gasteiger charge is 2.62. The Kier molecular flexibility index (Phi) is 4.10. The highest BCUT2D eigenvalue weighted by Crippen LogP contribution is 2.55. The first kappa shape index (κ1) is 16.9. The molecule has 1 aromatic rings. The third-order valence-electron chi connectivity index (χ3n) is 5.14. The van der Waals surface area contributed by atoms with Crippen LogP contribution in [0.15, 0.2) is 12.1 Å². The number of nitriles is 1. The van der Waals surface area contributed by atoms with Gasteiger partial charge in [0.05, 0.1) is 12.2 Å². The fourth-order valence-corrected chi connectivity index (χ4v) is 4.04. The molecule has 2 aliphatic rings. The predicted molar refractivity (Wildman–Crippen MR) is 87.6 cm³/mol. The summed E-state index contributed by atoms with van der Waals surface area (Å²) in [6.45, 7) is 9.20. The molecule has 0 aromatic heterocycles. The summed E-state index contributed by atoms with van der Waals surface area (Å²) in [6.07, 6.45) is 0.845. The molecule has 0 amide bonds. The molecule has 1 fully saturated rings. The van der Waals surface area contributed by atoms with E-state index in [1.165, 1.54) is 0 Å². The van der Waals surface area contributed by atoms with Gasteiger partial charge in [0.1, 0.15) is 23.7 Å². The van der Waals surface area contributed by atoms with E-state index in [0.717, 1.165) is 17.7 Å². The Hall–Kier alpha value is -1.44. The molecule has 22 heavy (non-hydrogen) atoms. The number of hydrogen-bond acceptors (Lipinski definition) is 4. The highest BCUT2D eigenvalue weighted by atomic mass is 35.5. The third kappa shape index (κ3) is 2.15. The third-order valence-corrected chi connectivity index (χ3v) is 5.14. The van der Waals surface area contributed by atoms with E-state index < -0.39 is 0 Å². The summed E-state index contributed by atoms with van der Waals surface area (Å²) in [5, 5.41) is 9.15. The van der Waals surface area contributed by atoms with Gasteiger partial charge in [-0.05, 0) is 12.1 Å². The minimum atomic E-state index is -0.0657. The lowest BCUT2D eigenvalue weighted by molar-refractivity contribution is -0.155. The molecule has 1 aliphatic heterocycles. The second-order valence-electron chi connectivity index (χ2n) is 7.25. The zero-order valence-corrected chi connectivity index (χ0v) is 14.3. The maximum Gasteiger partial charge on any atom is 0.144 e. The standard InChI is InChI=1S/C17H22N2O2.ClH/c1-16(2)14(19)17(3,4)15(16)21-12-6-5-10(9-18)13-11(12)7-8-20-13;/h5-6,14-15H,7-8,19H2,1-4H3;1H. The zero-order chi connectivity index (χ0) is 15.4. The van der Waals surface area contributed by atoms with Gasteiger partial charge in [-0.2, -0.15) is 5.26 Å². The molecule has 2 N–H and O–H groups in total. The summed E-state index contributed by atoms with van der Waals surface area (Å²) in [5.74, 6) is 1.52. The molecule has 4 nitrogen and oxygen atoms in total. The van der Waals surface area contributed by atoms with E-state index in [1.54, 1.807) is 6.07 Å². The maximum absolute atomic E-state index is 9.15. The number of nitrogens with zero attached hydrogens (tertiary/aromatic N) is 1. The number of rotatable bonds is 2.